The van der Waals surface area contributed by atoms with Crippen LogP contribution in [0.4, 0.5) is 4.79 Å². The number of ether oxygens (including phenoxy) is 1. The first-order chi connectivity index (χ1) is 13.6. The van der Waals surface area contributed by atoms with Gasteiger partial charge in [0, 0.05) is 11.6 Å². The van der Waals surface area contributed by atoms with Crippen LogP contribution in [0.5, 0.6) is 5.75 Å². The van der Waals surface area contributed by atoms with E-state index in [1.54, 1.807) is 46.8 Å². The smallest absolute Gasteiger partial charge is 0.408 e. The van der Waals surface area contributed by atoms with Crippen LogP contribution in [0, 0.1) is 0 Å². The highest BCUT2D eigenvalue weighted by atomic mass is 16.6. The van der Waals surface area contributed by atoms with Gasteiger partial charge in [0.25, 0.3) is 0 Å². The van der Waals surface area contributed by atoms with E-state index in [-0.39, 0.29) is 24.2 Å². The maximum Gasteiger partial charge on any atom is 0.408 e. The van der Waals surface area contributed by atoms with Crippen LogP contribution in [-0.4, -0.2) is 51.6 Å². The molecular formula is C22H35N3O5. The normalized spacial score (nSPS) is 12.8. The zero-order chi connectivity index (χ0) is 23.3. The Bertz CT molecular complexity index is 763. The Hall–Kier alpha value is -2.77. The van der Waals surface area contributed by atoms with Crippen molar-refractivity contribution in [2.45, 2.75) is 78.6 Å². The molecule has 0 bridgehead atoms. The molecule has 0 spiro atoms. The summed E-state index contributed by atoms with van der Waals surface area (Å²) in [5.41, 5.74) is -0.746. The molecule has 3 amide bonds. The second kappa shape index (κ2) is 9.82. The van der Waals surface area contributed by atoms with Crippen LogP contribution in [0.15, 0.2) is 24.3 Å². The van der Waals surface area contributed by atoms with E-state index >= 15 is 0 Å². The van der Waals surface area contributed by atoms with E-state index in [1.807, 2.05) is 20.8 Å². The van der Waals surface area contributed by atoms with Crippen molar-refractivity contribution in [2.75, 3.05) is 6.54 Å². The zero-order valence-corrected chi connectivity index (χ0v) is 19.2. The summed E-state index contributed by atoms with van der Waals surface area (Å²) < 4.78 is 5.17. The molecule has 8 nitrogen and oxygen atoms in total. The molecule has 1 atom stereocenters. The van der Waals surface area contributed by atoms with Gasteiger partial charge >= 0.3 is 6.09 Å². The quantitative estimate of drug-likeness (QED) is 0.654. The van der Waals surface area contributed by atoms with Gasteiger partial charge in [-0.2, -0.15) is 0 Å². The fraction of sp³-hybridized carbons (Fsp3) is 0.591. The van der Waals surface area contributed by atoms with E-state index in [9.17, 15) is 19.5 Å². The highest BCUT2D eigenvalue weighted by Crippen LogP contribution is 2.27. The van der Waals surface area contributed by atoms with Gasteiger partial charge in [0.2, 0.25) is 11.8 Å². The van der Waals surface area contributed by atoms with E-state index in [4.69, 9.17) is 4.74 Å². The Kier molecular flexibility index (Phi) is 8.27. The van der Waals surface area contributed by atoms with E-state index in [1.165, 1.54) is 17.0 Å². The zero-order valence-electron chi connectivity index (χ0n) is 19.2. The predicted octanol–water partition coefficient (Wildman–Crippen LogP) is 3.11. The third kappa shape index (κ3) is 8.31. The number of carbonyl (C=O) groups is 3. The molecule has 0 fully saturated rings. The lowest BCUT2D eigenvalue weighted by Crippen LogP contribution is -2.53. The van der Waals surface area contributed by atoms with Crippen molar-refractivity contribution >= 4 is 17.9 Å². The van der Waals surface area contributed by atoms with Crippen molar-refractivity contribution in [3.63, 3.8) is 0 Å². The van der Waals surface area contributed by atoms with Gasteiger partial charge in [0.15, 0.2) is 0 Å². The Morgan fingerprint density at radius 1 is 1.10 bits per heavy atom. The summed E-state index contributed by atoms with van der Waals surface area (Å²) in [6.45, 7) is 13.9. The van der Waals surface area contributed by atoms with Crippen LogP contribution < -0.4 is 10.6 Å². The first-order valence-corrected chi connectivity index (χ1v) is 9.99. The molecule has 0 heterocycles. The summed E-state index contributed by atoms with van der Waals surface area (Å²) >= 11 is 0. The lowest BCUT2D eigenvalue weighted by molar-refractivity contribution is -0.142. The molecule has 0 aliphatic carbocycles. The van der Waals surface area contributed by atoms with Crippen molar-refractivity contribution in [3.05, 3.63) is 29.8 Å². The number of benzene rings is 1. The second-order valence-corrected chi connectivity index (χ2v) is 9.49. The molecule has 1 unspecified atom stereocenters. The lowest BCUT2D eigenvalue weighted by Gasteiger charge is -2.36. The third-order valence-electron chi connectivity index (χ3n) is 3.84. The fourth-order valence-electron chi connectivity index (χ4n) is 2.85. The number of phenolic OH excluding ortho intramolecular Hbond substituents is 1. The average Bonchev–Trinajstić information content (AvgIpc) is 2.53. The van der Waals surface area contributed by atoms with Gasteiger partial charge in [-0.1, -0.05) is 12.1 Å². The van der Waals surface area contributed by atoms with Crippen molar-refractivity contribution in [2.24, 2.45) is 0 Å². The van der Waals surface area contributed by atoms with Crippen LogP contribution in [0.1, 0.15) is 67.0 Å². The summed E-state index contributed by atoms with van der Waals surface area (Å²) in [5.74, 6) is -0.843. The average molecular weight is 422 g/mol. The van der Waals surface area contributed by atoms with Crippen LogP contribution >= 0.6 is 0 Å². The minimum Gasteiger partial charge on any atom is -0.508 e. The first kappa shape index (κ1) is 25.3. The van der Waals surface area contributed by atoms with Gasteiger partial charge in [0.1, 0.15) is 23.9 Å². The number of nitrogens with zero attached hydrogens (tertiary/aromatic N) is 1. The molecule has 0 saturated carbocycles. The molecule has 168 valence electrons. The van der Waals surface area contributed by atoms with E-state index in [0.29, 0.717) is 5.56 Å². The predicted molar refractivity (Wildman–Crippen MR) is 115 cm³/mol. The van der Waals surface area contributed by atoms with Crippen molar-refractivity contribution in [1.82, 2.24) is 15.5 Å². The Labute approximate surface area is 179 Å². The summed E-state index contributed by atoms with van der Waals surface area (Å²) in [5, 5.41) is 15.3. The molecule has 0 aliphatic rings. The topological polar surface area (TPSA) is 108 Å². The van der Waals surface area contributed by atoms with Crippen LogP contribution in [0.2, 0.25) is 0 Å². The summed E-state index contributed by atoms with van der Waals surface area (Å²) in [6.07, 6.45) is -0.715. The number of rotatable bonds is 6. The number of aromatic hydroxyl groups is 1. The number of hydrogen-bond donors (Lipinski definition) is 3. The maximum atomic E-state index is 13.1. The molecule has 1 aromatic carbocycles. The Morgan fingerprint density at radius 2 is 1.70 bits per heavy atom. The molecule has 8 heteroatoms. The fourth-order valence-corrected chi connectivity index (χ4v) is 2.85. The van der Waals surface area contributed by atoms with Gasteiger partial charge < -0.3 is 25.4 Å². The Morgan fingerprint density at radius 3 is 2.17 bits per heavy atom. The second-order valence-electron chi connectivity index (χ2n) is 9.49. The van der Waals surface area contributed by atoms with Gasteiger partial charge in [-0.25, -0.2) is 4.79 Å². The number of alkyl carbamates (subject to hydrolysis) is 1. The molecule has 3 N–H and O–H groups in total. The van der Waals surface area contributed by atoms with Gasteiger partial charge in [-0.05, 0) is 73.1 Å². The Balaban J connectivity index is 3.19. The number of carbonyl (C=O) groups excluding carboxylic acids is 3. The van der Waals surface area contributed by atoms with Gasteiger partial charge in [0.05, 0.1) is 0 Å². The number of hydrogen-bond acceptors (Lipinski definition) is 5. The van der Waals surface area contributed by atoms with Crippen LogP contribution in [0.3, 0.4) is 0 Å². The minimum atomic E-state index is -0.982. The summed E-state index contributed by atoms with van der Waals surface area (Å²) in [4.78, 5) is 39.5. The molecule has 1 aromatic rings. The minimum absolute atomic E-state index is 0.0101. The number of phenols is 1. The SMILES string of the molecule is CC(C)N(C(=O)CNC(=O)OC(C)(C)C)C(C(=O)NC(C)(C)C)c1cccc(O)c1. The molecule has 0 aliphatic heterocycles. The number of amides is 3. The van der Waals surface area contributed by atoms with E-state index in [2.05, 4.69) is 10.6 Å². The van der Waals surface area contributed by atoms with Crippen molar-refractivity contribution in [1.29, 1.82) is 0 Å². The van der Waals surface area contributed by atoms with Crippen LogP contribution in [-0.2, 0) is 14.3 Å². The molecule has 1 rings (SSSR count). The van der Waals surface area contributed by atoms with Gasteiger partial charge in [-0.3, -0.25) is 9.59 Å². The number of nitrogens with one attached hydrogen (secondary N) is 2. The molecule has 0 saturated heterocycles. The molecule has 0 radical (unpaired) electrons. The largest absolute Gasteiger partial charge is 0.508 e. The third-order valence-corrected chi connectivity index (χ3v) is 3.84. The van der Waals surface area contributed by atoms with E-state index in [0.717, 1.165) is 0 Å². The van der Waals surface area contributed by atoms with Crippen LogP contribution in [0.25, 0.3) is 0 Å². The summed E-state index contributed by atoms with van der Waals surface area (Å²) in [6, 6.07) is 4.91. The first-order valence-electron chi connectivity index (χ1n) is 9.99. The molecule has 0 aromatic heterocycles. The molecule has 30 heavy (non-hydrogen) atoms. The summed E-state index contributed by atoms with van der Waals surface area (Å²) in [7, 11) is 0. The van der Waals surface area contributed by atoms with Gasteiger partial charge in [-0.15, -0.1) is 0 Å². The monoisotopic (exact) mass is 421 g/mol. The van der Waals surface area contributed by atoms with E-state index < -0.39 is 29.2 Å². The lowest BCUT2D eigenvalue weighted by atomic mass is 10.00. The highest BCUT2D eigenvalue weighted by molar-refractivity contribution is 5.91. The van der Waals surface area contributed by atoms with Crippen molar-refractivity contribution < 1.29 is 24.2 Å². The maximum absolute atomic E-state index is 13.1. The molecular weight excluding hydrogens is 386 g/mol. The highest BCUT2D eigenvalue weighted by Gasteiger charge is 2.35. The standard InChI is InChI=1S/C22H35N3O5/c1-14(2)25(17(27)13-23-20(29)30-22(6,7)8)18(19(28)24-21(3,4)5)15-10-9-11-16(26)12-15/h9-12,14,18,26H,13H2,1-8H3,(H,23,29)(H,24,28). The van der Waals surface area contributed by atoms with Crippen molar-refractivity contribution in [3.8, 4) is 5.75 Å².